The number of rotatable bonds is 4. The number of esters is 1. The molecule has 24 heavy (non-hydrogen) atoms. The maximum absolute atomic E-state index is 12.1. The summed E-state index contributed by atoms with van der Waals surface area (Å²) in [5.41, 5.74) is 1.65. The lowest BCUT2D eigenvalue weighted by Gasteiger charge is -2.09. The number of hydrogen-bond acceptors (Lipinski definition) is 6. The summed E-state index contributed by atoms with van der Waals surface area (Å²) in [6, 6.07) is 11.3. The molecule has 120 valence electrons. The highest BCUT2D eigenvalue weighted by Gasteiger charge is 2.17. The highest BCUT2D eigenvalue weighted by atomic mass is 16.6. The molecule has 0 amide bonds. The normalized spacial score (nSPS) is 10.5. The molecule has 0 saturated heterocycles. The molecular formula is C17H13N3O4. The highest BCUT2D eigenvalue weighted by Crippen LogP contribution is 2.29. The van der Waals surface area contributed by atoms with Crippen LogP contribution in [0.15, 0.2) is 48.7 Å². The smallest absolute Gasteiger partial charge is 0.356 e. The van der Waals surface area contributed by atoms with Gasteiger partial charge in [0.1, 0.15) is 5.69 Å². The van der Waals surface area contributed by atoms with Crippen LogP contribution >= 0.6 is 0 Å². The van der Waals surface area contributed by atoms with Crippen molar-refractivity contribution in [1.82, 2.24) is 9.97 Å². The SMILES string of the molecule is CCOC(=O)c1cc(-c2ccccn2)c2ccc([N+](=O)[O-])cc2n1. The molecule has 0 aliphatic rings. The summed E-state index contributed by atoms with van der Waals surface area (Å²) < 4.78 is 4.99. The number of carbonyl (C=O) groups excluding carboxylic acids is 1. The summed E-state index contributed by atoms with van der Waals surface area (Å²) in [5.74, 6) is -0.580. The van der Waals surface area contributed by atoms with Crippen LogP contribution in [-0.2, 0) is 4.74 Å². The zero-order valence-corrected chi connectivity index (χ0v) is 12.8. The molecule has 2 aromatic heterocycles. The first-order valence-corrected chi connectivity index (χ1v) is 7.28. The van der Waals surface area contributed by atoms with Crippen LogP contribution in [0.1, 0.15) is 17.4 Å². The lowest BCUT2D eigenvalue weighted by molar-refractivity contribution is -0.384. The molecule has 0 N–H and O–H groups in total. The monoisotopic (exact) mass is 323 g/mol. The number of aromatic nitrogens is 2. The molecular weight excluding hydrogens is 310 g/mol. The number of nitrogens with zero attached hydrogens (tertiary/aromatic N) is 3. The van der Waals surface area contributed by atoms with Gasteiger partial charge in [-0.15, -0.1) is 0 Å². The summed E-state index contributed by atoms with van der Waals surface area (Å²) in [5, 5.41) is 11.7. The predicted octanol–water partition coefficient (Wildman–Crippen LogP) is 3.38. The molecule has 0 saturated carbocycles. The molecule has 2 heterocycles. The van der Waals surface area contributed by atoms with Crippen molar-refractivity contribution in [2.45, 2.75) is 6.92 Å². The Morgan fingerprint density at radius 1 is 1.25 bits per heavy atom. The van der Waals surface area contributed by atoms with Crippen molar-refractivity contribution in [2.75, 3.05) is 6.61 Å². The quantitative estimate of drug-likeness (QED) is 0.415. The van der Waals surface area contributed by atoms with E-state index in [2.05, 4.69) is 9.97 Å². The number of hydrogen-bond donors (Lipinski definition) is 0. The number of fused-ring (bicyclic) bond motifs is 1. The molecule has 0 radical (unpaired) electrons. The Bertz CT molecular complexity index is 926. The standard InChI is InChI=1S/C17H13N3O4/c1-2-24-17(21)16-10-13(14-5-3-4-8-18-14)12-7-6-11(20(22)23)9-15(12)19-16/h3-10H,2H2,1H3. The summed E-state index contributed by atoms with van der Waals surface area (Å²) in [4.78, 5) is 31.1. The minimum Gasteiger partial charge on any atom is -0.461 e. The van der Waals surface area contributed by atoms with Crippen LogP contribution in [0.25, 0.3) is 22.2 Å². The summed E-state index contributed by atoms with van der Waals surface area (Å²) in [7, 11) is 0. The molecule has 0 aliphatic carbocycles. The van der Waals surface area contributed by atoms with Crippen molar-refractivity contribution >= 4 is 22.6 Å². The van der Waals surface area contributed by atoms with E-state index in [4.69, 9.17) is 4.74 Å². The third-order valence-electron chi connectivity index (χ3n) is 3.43. The average Bonchev–Trinajstić information content (AvgIpc) is 2.61. The van der Waals surface area contributed by atoms with Crippen molar-refractivity contribution < 1.29 is 14.5 Å². The van der Waals surface area contributed by atoms with Crippen LogP contribution in [0, 0.1) is 10.1 Å². The minimum absolute atomic E-state index is 0.0884. The van der Waals surface area contributed by atoms with E-state index in [-0.39, 0.29) is 18.0 Å². The van der Waals surface area contributed by atoms with E-state index in [9.17, 15) is 14.9 Å². The number of benzene rings is 1. The Hall–Kier alpha value is -3.35. The van der Waals surface area contributed by atoms with Crippen molar-refractivity contribution in [3.63, 3.8) is 0 Å². The van der Waals surface area contributed by atoms with Gasteiger partial charge in [-0.3, -0.25) is 15.1 Å². The molecule has 0 spiro atoms. The second-order valence-electron chi connectivity index (χ2n) is 4.95. The Morgan fingerprint density at radius 3 is 2.75 bits per heavy atom. The Balaban J connectivity index is 2.27. The van der Waals surface area contributed by atoms with Crippen LogP contribution < -0.4 is 0 Å². The van der Waals surface area contributed by atoms with Gasteiger partial charge in [0.15, 0.2) is 0 Å². The average molecular weight is 323 g/mol. The van der Waals surface area contributed by atoms with E-state index in [1.54, 1.807) is 37.4 Å². The second kappa shape index (κ2) is 6.41. The fourth-order valence-electron chi connectivity index (χ4n) is 2.37. The van der Waals surface area contributed by atoms with E-state index in [1.165, 1.54) is 12.1 Å². The first-order chi connectivity index (χ1) is 11.6. The first-order valence-electron chi connectivity index (χ1n) is 7.28. The van der Waals surface area contributed by atoms with Crippen molar-refractivity contribution in [3.8, 4) is 11.3 Å². The van der Waals surface area contributed by atoms with Crippen molar-refractivity contribution in [1.29, 1.82) is 0 Å². The summed E-state index contributed by atoms with van der Waals surface area (Å²) >= 11 is 0. The van der Waals surface area contributed by atoms with Gasteiger partial charge in [-0.1, -0.05) is 6.07 Å². The summed E-state index contributed by atoms with van der Waals surface area (Å²) in [6.45, 7) is 1.91. The Morgan fingerprint density at radius 2 is 2.08 bits per heavy atom. The third-order valence-corrected chi connectivity index (χ3v) is 3.43. The number of non-ortho nitro benzene ring substituents is 1. The Labute approximate surface area is 137 Å². The third kappa shape index (κ3) is 2.91. The number of ether oxygens (including phenoxy) is 1. The fraction of sp³-hybridized carbons (Fsp3) is 0.118. The van der Waals surface area contributed by atoms with Crippen LogP contribution in [0.5, 0.6) is 0 Å². The van der Waals surface area contributed by atoms with Gasteiger partial charge < -0.3 is 4.74 Å². The van der Waals surface area contributed by atoms with E-state index in [1.807, 2.05) is 6.07 Å². The van der Waals surface area contributed by atoms with E-state index in [0.717, 1.165) is 0 Å². The molecule has 7 heteroatoms. The van der Waals surface area contributed by atoms with Gasteiger partial charge in [0, 0.05) is 29.3 Å². The Kier molecular flexibility index (Phi) is 4.15. The van der Waals surface area contributed by atoms with E-state index < -0.39 is 10.9 Å². The predicted molar refractivity (Wildman–Crippen MR) is 87.6 cm³/mol. The van der Waals surface area contributed by atoms with Gasteiger partial charge in [0.25, 0.3) is 5.69 Å². The topological polar surface area (TPSA) is 95.2 Å². The zero-order chi connectivity index (χ0) is 17.1. The van der Waals surface area contributed by atoms with Crippen molar-refractivity contribution in [2.24, 2.45) is 0 Å². The van der Waals surface area contributed by atoms with E-state index >= 15 is 0 Å². The molecule has 0 aliphatic heterocycles. The van der Waals surface area contributed by atoms with Gasteiger partial charge >= 0.3 is 5.97 Å². The molecule has 3 aromatic rings. The molecule has 0 bridgehead atoms. The van der Waals surface area contributed by atoms with Gasteiger partial charge in [0.05, 0.1) is 22.7 Å². The van der Waals surface area contributed by atoms with E-state index in [0.29, 0.717) is 22.2 Å². The first kappa shape index (κ1) is 15.5. The fourth-order valence-corrected chi connectivity index (χ4v) is 2.37. The molecule has 0 fully saturated rings. The minimum atomic E-state index is -0.580. The molecule has 0 atom stereocenters. The van der Waals surface area contributed by atoms with Gasteiger partial charge in [-0.25, -0.2) is 9.78 Å². The highest BCUT2D eigenvalue weighted by molar-refractivity contribution is 5.99. The number of pyridine rings is 2. The largest absolute Gasteiger partial charge is 0.461 e. The molecule has 1 aromatic carbocycles. The van der Waals surface area contributed by atoms with Crippen LogP contribution in [0.3, 0.4) is 0 Å². The molecule has 3 rings (SSSR count). The van der Waals surface area contributed by atoms with Gasteiger partial charge in [-0.05, 0) is 31.2 Å². The van der Waals surface area contributed by atoms with Crippen LogP contribution in [0.4, 0.5) is 5.69 Å². The number of nitro benzene ring substituents is 1. The number of carbonyl (C=O) groups is 1. The summed E-state index contributed by atoms with van der Waals surface area (Å²) in [6.07, 6.45) is 1.64. The number of nitro groups is 1. The zero-order valence-electron chi connectivity index (χ0n) is 12.8. The van der Waals surface area contributed by atoms with Crippen molar-refractivity contribution in [3.05, 3.63) is 64.5 Å². The maximum Gasteiger partial charge on any atom is 0.356 e. The lowest BCUT2D eigenvalue weighted by atomic mass is 10.0. The maximum atomic E-state index is 12.1. The molecule has 7 nitrogen and oxygen atoms in total. The molecule has 0 unspecified atom stereocenters. The van der Waals surface area contributed by atoms with Gasteiger partial charge in [-0.2, -0.15) is 0 Å². The van der Waals surface area contributed by atoms with Crippen LogP contribution in [0.2, 0.25) is 0 Å². The van der Waals surface area contributed by atoms with Crippen LogP contribution in [-0.4, -0.2) is 27.5 Å². The lowest BCUT2D eigenvalue weighted by Crippen LogP contribution is -2.08. The second-order valence-corrected chi connectivity index (χ2v) is 4.95. The van der Waals surface area contributed by atoms with Gasteiger partial charge in [0.2, 0.25) is 0 Å².